The molecule has 0 saturated heterocycles. The molecular weight excluding hydrogens is 388 g/mol. The highest BCUT2D eigenvalue weighted by atomic mass is 16.5. The highest BCUT2D eigenvalue weighted by Crippen LogP contribution is 2.69. The van der Waals surface area contributed by atoms with Gasteiger partial charge in [0.1, 0.15) is 11.5 Å². The number of rotatable bonds is 7. The normalized spacial score (nSPS) is 28.8. The first kappa shape index (κ1) is 21.8. The van der Waals surface area contributed by atoms with Crippen LogP contribution in [-0.2, 0) is 16.0 Å². The molecular formula is C27H32O4. The van der Waals surface area contributed by atoms with Gasteiger partial charge < -0.3 is 14.9 Å². The molecule has 4 nitrogen and oxygen atoms in total. The van der Waals surface area contributed by atoms with Crippen molar-refractivity contribution in [3.05, 3.63) is 66.2 Å². The van der Waals surface area contributed by atoms with Gasteiger partial charge in [0.2, 0.25) is 0 Å². The van der Waals surface area contributed by atoms with E-state index in [1.165, 1.54) is 0 Å². The number of benzene rings is 2. The summed E-state index contributed by atoms with van der Waals surface area (Å²) in [6.07, 6.45) is 1.49. The number of carbonyl (C=O) groups is 1. The summed E-state index contributed by atoms with van der Waals surface area (Å²) >= 11 is 0. The Morgan fingerprint density at radius 3 is 2.48 bits per heavy atom. The zero-order valence-corrected chi connectivity index (χ0v) is 18.6. The number of fused-ring (bicyclic) bond motifs is 2. The number of methoxy groups -OCH3 is 1. The number of hydrogen-bond donors (Lipinski definition) is 2. The molecule has 164 valence electrons. The van der Waals surface area contributed by atoms with Gasteiger partial charge in [-0.1, -0.05) is 62.4 Å². The first-order valence-corrected chi connectivity index (χ1v) is 11.0. The fourth-order valence-corrected chi connectivity index (χ4v) is 6.21. The zero-order chi connectivity index (χ0) is 22.4. The predicted molar refractivity (Wildman–Crippen MR) is 122 cm³/mol. The zero-order valence-electron chi connectivity index (χ0n) is 18.6. The second-order valence-corrected chi connectivity index (χ2v) is 9.62. The summed E-state index contributed by atoms with van der Waals surface area (Å²) in [6.45, 7) is 8.59. The number of aliphatic hydroxyl groups excluding tert-OH is 1. The first-order valence-electron chi connectivity index (χ1n) is 11.0. The van der Waals surface area contributed by atoms with E-state index in [0.717, 1.165) is 22.3 Å². The predicted octanol–water partition coefficient (Wildman–Crippen LogP) is 4.79. The lowest BCUT2D eigenvalue weighted by Gasteiger charge is -2.44. The fraction of sp³-hybridized carbons (Fsp3) is 0.444. The third-order valence-electron chi connectivity index (χ3n) is 7.96. The molecule has 0 aliphatic heterocycles. The van der Waals surface area contributed by atoms with Gasteiger partial charge in [0.15, 0.2) is 0 Å². The number of phenols is 1. The van der Waals surface area contributed by atoms with Crippen LogP contribution in [0.4, 0.5) is 0 Å². The van der Waals surface area contributed by atoms with E-state index in [1.54, 1.807) is 19.2 Å². The van der Waals surface area contributed by atoms with E-state index < -0.39 is 5.41 Å². The number of phenolic OH excluding ortho intramolecular Hbond substituents is 1. The molecule has 2 saturated carbocycles. The molecule has 2 N–H and O–H groups in total. The molecule has 2 aromatic carbocycles. The summed E-state index contributed by atoms with van der Waals surface area (Å²) in [4.78, 5) is 13.8. The van der Waals surface area contributed by atoms with Gasteiger partial charge in [-0.25, -0.2) is 0 Å². The van der Waals surface area contributed by atoms with Crippen molar-refractivity contribution in [1.82, 2.24) is 0 Å². The van der Waals surface area contributed by atoms with Crippen molar-refractivity contribution in [3.8, 4) is 16.9 Å². The summed E-state index contributed by atoms with van der Waals surface area (Å²) in [5, 5.41) is 19.7. The van der Waals surface area contributed by atoms with Crippen molar-refractivity contribution in [2.45, 2.75) is 39.2 Å². The van der Waals surface area contributed by atoms with Crippen LogP contribution in [0.3, 0.4) is 0 Å². The maximum Gasteiger partial charge on any atom is 0.142 e. The second-order valence-electron chi connectivity index (χ2n) is 9.62. The Kier molecular flexibility index (Phi) is 5.57. The number of ether oxygens (including phenoxy) is 1. The van der Waals surface area contributed by atoms with Gasteiger partial charge in [0, 0.05) is 31.5 Å². The molecule has 4 atom stereocenters. The summed E-state index contributed by atoms with van der Waals surface area (Å²) < 4.78 is 5.88. The van der Waals surface area contributed by atoms with Crippen LogP contribution in [0.5, 0.6) is 5.75 Å². The number of hydrogen-bond acceptors (Lipinski definition) is 4. The molecule has 0 amide bonds. The quantitative estimate of drug-likeness (QED) is 0.632. The van der Waals surface area contributed by atoms with Crippen LogP contribution in [-0.4, -0.2) is 35.8 Å². The molecule has 4 rings (SSSR count). The van der Waals surface area contributed by atoms with Crippen LogP contribution in [0.2, 0.25) is 0 Å². The van der Waals surface area contributed by atoms with Crippen LogP contribution in [0.15, 0.2) is 60.7 Å². The Morgan fingerprint density at radius 1 is 1.16 bits per heavy atom. The molecule has 2 aromatic rings. The Bertz CT molecular complexity index is 1010. The fourth-order valence-electron chi connectivity index (χ4n) is 6.21. The number of aryl methyl sites for hydroxylation is 1. The average molecular weight is 421 g/mol. The number of carbonyl (C=O) groups excluding carboxylic acids is 1. The van der Waals surface area contributed by atoms with E-state index in [1.807, 2.05) is 30.3 Å². The number of aliphatic hydroxyl groups is 1. The van der Waals surface area contributed by atoms with Crippen LogP contribution >= 0.6 is 0 Å². The molecule has 31 heavy (non-hydrogen) atoms. The van der Waals surface area contributed by atoms with Crippen molar-refractivity contribution in [2.24, 2.45) is 22.7 Å². The molecule has 0 aromatic heterocycles. The van der Waals surface area contributed by atoms with Gasteiger partial charge in [0.25, 0.3) is 0 Å². The third-order valence-corrected chi connectivity index (χ3v) is 7.96. The van der Waals surface area contributed by atoms with E-state index >= 15 is 0 Å². The van der Waals surface area contributed by atoms with E-state index in [0.29, 0.717) is 19.3 Å². The van der Waals surface area contributed by atoms with Gasteiger partial charge in [-0.05, 0) is 47.6 Å². The summed E-state index contributed by atoms with van der Waals surface area (Å²) in [7, 11) is 1.67. The molecule has 2 aliphatic carbocycles. The van der Waals surface area contributed by atoms with Crippen LogP contribution < -0.4 is 0 Å². The molecule has 2 bridgehead atoms. The minimum Gasteiger partial charge on any atom is -0.508 e. The second kappa shape index (κ2) is 7.92. The Labute approximate surface area is 184 Å². The monoisotopic (exact) mass is 420 g/mol. The molecule has 4 heteroatoms. The van der Waals surface area contributed by atoms with Gasteiger partial charge in [-0.15, -0.1) is 0 Å². The topological polar surface area (TPSA) is 66.8 Å². The largest absolute Gasteiger partial charge is 0.508 e. The van der Waals surface area contributed by atoms with E-state index in [9.17, 15) is 15.0 Å². The maximum atomic E-state index is 13.8. The highest BCUT2D eigenvalue weighted by Gasteiger charge is 2.71. The van der Waals surface area contributed by atoms with Gasteiger partial charge in [-0.2, -0.15) is 0 Å². The minimum absolute atomic E-state index is 0.0306. The summed E-state index contributed by atoms with van der Waals surface area (Å²) in [5.41, 5.74) is 3.09. The molecule has 0 heterocycles. The van der Waals surface area contributed by atoms with E-state index in [-0.39, 0.29) is 41.5 Å². The summed E-state index contributed by atoms with van der Waals surface area (Å²) in [5.74, 6) is 0.499. The van der Waals surface area contributed by atoms with Gasteiger partial charge >= 0.3 is 0 Å². The number of aromatic hydroxyl groups is 1. The van der Waals surface area contributed by atoms with Crippen molar-refractivity contribution < 1.29 is 19.7 Å². The van der Waals surface area contributed by atoms with E-state index in [4.69, 9.17) is 4.74 Å². The van der Waals surface area contributed by atoms with Gasteiger partial charge in [0.05, 0.1) is 11.5 Å². The first-order chi connectivity index (χ1) is 14.8. The molecule has 2 fully saturated rings. The molecule has 0 unspecified atom stereocenters. The minimum atomic E-state index is -0.639. The lowest BCUT2D eigenvalue weighted by molar-refractivity contribution is -0.141. The summed E-state index contributed by atoms with van der Waals surface area (Å²) in [6, 6.07) is 15.3. The highest BCUT2D eigenvalue weighted by molar-refractivity contribution is 5.89. The number of ketones is 1. The smallest absolute Gasteiger partial charge is 0.142 e. The van der Waals surface area contributed by atoms with Crippen LogP contribution in [0, 0.1) is 22.7 Å². The van der Waals surface area contributed by atoms with E-state index in [2.05, 4.69) is 26.5 Å². The average Bonchev–Trinajstić information content (AvgIpc) is 3.19. The molecule has 0 radical (unpaired) electrons. The van der Waals surface area contributed by atoms with Crippen LogP contribution in [0.1, 0.15) is 32.3 Å². The standard InChI is InChI=1S/C27H32O4/c1-17-24-21(16-28)15-27(25(24)31-4,26(17,2)3)23(30)12-11-18-7-5-8-19(13-18)20-9-6-10-22(29)14-20/h5-10,13-14,21,24-25,28-29H,1,11-12,15-16H2,2-4H3/t21-,24-,25-,27+/m1/s1. The van der Waals surface area contributed by atoms with Crippen molar-refractivity contribution in [2.75, 3.05) is 13.7 Å². The Balaban J connectivity index is 1.57. The lowest BCUT2D eigenvalue weighted by atomic mass is 9.58. The molecule has 2 aliphatic rings. The lowest BCUT2D eigenvalue weighted by Crippen LogP contribution is -2.47. The third kappa shape index (κ3) is 3.24. The van der Waals surface area contributed by atoms with Gasteiger partial charge in [-0.3, -0.25) is 4.79 Å². The Hall–Kier alpha value is -2.43. The van der Waals surface area contributed by atoms with Crippen LogP contribution in [0.25, 0.3) is 11.1 Å². The maximum absolute atomic E-state index is 13.8. The van der Waals surface area contributed by atoms with Crippen molar-refractivity contribution >= 4 is 5.78 Å². The Morgan fingerprint density at radius 2 is 1.84 bits per heavy atom. The number of Topliss-reactive ketones (excluding diaryl/α,β-unsaturated/α-hetero) is 1. The molecule has 0 spiro atoms. The SMILES string of the molecule is C=C1[C@@H]2[C@@H](CO)C[C@](C(=O)CCc3cccc(-c4cccc(O)c4)c3)([C@@H]2OC)C1(C)C. The van der Waals surface area contributed by atoms with Crippen molar-refractivity contribution in [3.63, 3.8) is 0 Å². The van der Waals surface area contributed by atoms with Crippen molar-refractivity contribution in [1.29, 1.82) is 0 Å².